The topological polar surface area (TPSA) is 108 Å². The summed E-state index contributed by atoms with van der Waals surface area (Å²) in [4.78, 5) is 12.9. The van der Waals surface area contributed by atoms with Gasteiger partial charge in [0.15, 0.2) is 0 Å². The van der Waals surface area contributed by atoms with E-state index in [1.807, 2.05) is 0 Å². The molecule has 4 aliphatic carbocycles. The Morgan fingerprint density at radius 2 is 1.83 bits per heavy atom. The average molecular weight is 674 g/mol. The molecular weight excluding hydrogens is 616 g/mol. The molecule has 1 amide bonds. The Hall–Kier alpha value is -1.91. The third-order valence-corrected chi connectivity index (χ3v) is 14.4. The highest BCUT2D eigenvalue weighted by Crippen LogP contribution is 2.71. The molecule has 1 aromatic carbocycles. The van der Waals surface area contributed by atoms with Gasteiger partial charge >= 0.3 is 0 Å². The van der Waals surface area contributed by atoms with E-state index in [1.165, 1.54) is 63.9 Å². The number of rotatable bonds is 11. The monoisotopic (exact) mass is 673 g/mol. The minimum absolute atomic E-state index is 0.0211. The lowest BCUT2D eigenvalue weighted by Gasteiger charge is -2.60. The number of carbonyl (C=O) groups excluding carboxylic acids is 1. The van der Waals surface area contributed by atoms with E-state index >= 15 is 0 Å². The predicted molar refractivity (Wildman–Crippen MR) is 179 cm³/mol. The van der Waals surface area contributed by atoms with Crippen LogP contribution in [0.15, 0.2) is 23.8 Å². The van der Waals surface area contributed by atoms with E-state index in [2.05, 4.69) is 39.1 Å². The maximum Gasteiger partial charge on any atom is 0.220 e. The summed E-state index contributed by atoms with van der Waals surface area (Å²) in [7, 11) is 0. The summed E-state index contributed by atoms with van der Waals surface area (Å²) in [6, 6.07) is 1.91. The van der Waals surface area contributed by atoms with Gasteiger partial charge in [-0.3, -0.25) is 4.79 Å². The second-order valence-corrected chi connectivity index (χ2v) is 16.4. The number of allylic oxidation sites excluding steroid dienone is 2. The number of ether oxygens (including phenoxy) is 2. The highest BCUT2D eigenvalue weighted by atomic mass is 19.1. The Morgan fingerprint density at radius 3 is 2.58 bits per heavy atom. The Kier molecular flexibility index (Phi) is 10.5. The Labute approximate surface area is 284 Å². The van der Waals surface area contributed by atoms with Gasteiger partial charge in [-0.15, -0.1) is 0 Å². The first-order valence-corrected chi connectivity index (χ1v) is 18.5. The molecule has 4 N–H and O–H groups in total. The summed E-state index contributed by atoms with van der Waals surface area (Å²) in [5.41, 5.74) is 2.62. The van der Waals surface area contributed by atoms with Gasteiger partial charge < -0.3 is 30.1 Å². The summed E-state index contributed by atoms with van der Waals surface area (Å²) < 4.78 is 40.1. The van der Waals surface area contributed by atoms with Gasteiger partial charge in [-0.05, 0) is 104 Å². The van der Waals surface area contributed by atoms with Crippen molar-refractivity contribution in [1.82, 2.24) is 5.32 Å². The first-order valence-electron chi connectivity index (χ1n) is 18.5. The highest BCUT2D eigenvalue weighted by molar-refractivity contribution is 5.75. The van der Waals surface area contributed by atoms with Crippen molar-refractivity contribution in [3.63, 3.8) is 0 Å². The van der Waals surface area contributed by atoms with E-state index in [0.717, 1.165) is 24.2 Å². The van der Waals surface area contributed by atoms with Crippen LogP contribution in [0.25, 0.3) is 0 Å². The molecule has 1 aromatic rings. The van der Waals surface area contributed by atoms with Crippen molar-refractivity contribution in [1.29, 1.82) is 0 Å². The van der Waals surface area contributed by atoms with Crippen molar-refractivity contribution < 1.29 is 38.4 Å². The van der Waals surface area contributed by atoms with Crippen molar-refractivity contribution in [2.75, 3.05) is 19.8 Å². The molecule has 0 aromatic heterocycles. The summed E-state index contributed by atoms with van der Waals surface area (Å²) in [5.74, 6) is 1.05. The van der Waals surface area contributed by atoms with Gasteiger partial charge in [0.1, 0.15) is 36.1 Å². The molecule has 9 heteroatoms. The molecule has 4 fully saturated rings. The van der Waals surface area contributed by atoms with E-state index in [0.29, 0.717) is 29.2 Å². The maximum absolute atomic E-state index is 14.6. The first kappa shape index (κ1) is 35.9. The molecule has 0 bridgehead atoms. The van der Waals surface area contributed by atoms with Crippen LogP contribution < -0.4 is 5.32 Å². The van der Waals surface area contributed by atoms with Crippen LogP contribution in [0.3, 0.4) is 0 Å². The van der Waals surface area contributed by atoms with Gasteiger partial charge in [0.25, 0.3) is 0 Å². The van der Waals surface area contributed by atoms with E-state index in [4.69, 9.17) is 9.47 Å². The molecule has 2 unspecified atom stereocenters. The smallest absolute Gasteiger partial charge is 0.220 e. The lowest BCUT2D eigenvalue weighted by molar-refractivity contribution is -0.122. The first-order chi connectivity index (χ1) is 22.8. The number of fused-ring (bicyclic) bond motifs is 5. The lowest BCUT2D eigenvalue weighted by Crippen LogP contribution is -2.52. The van der Waals surface area contributed by atoms with Crippen LogP contribution in [0.2, 0.25) is 0 Å². The van der Waals surface area contributed by atoms with Crippen LogP contribution in [0.5, 0.6) is 0 Å². The summed E-state index contributed by atoms with van der Waals surface area (Å²) in [5, 5.41) is 32.6. The minimum Gasteiger partial charge on any atom is -0.394 e. The molecule has 0 radical (unpaired) electrons. The van der Waals surface area contributed by atoms with Gasteiger partial charge in [0.2, 0.25) is 5.91 Å². The number of aliphatic hydroxyl groups excluding tert-OH is 3. The number of amides is 1. The molecule has 1 saturated heterocycles. The minimum atomic E-state index is -1.47. The molecule has 11 atom stereocenters. The van der Waals surface area contributed by atoms with Crippen LogP contribution in [0.1, 0.15) is 116 Å². The van der Waals surface area contributed by atoms with Crippen LogP contribution in [-0.4, -0.2) is 59.3 Å². The fraction of sp³-hybridized carbons (Fsp3) is 0.769. The molecule has 48 heavy (non-hydrogen) atoms. The maximum atomic E-state index is 14.6. The number of aliphatic hydroxyl groups is 3. The summed E-state index contributed by atoms with van der Waals surface area (Å²) >= 11 is 0. The van der Waals surface area contributed by atoms with Gasteiger partial charge in [-0.2, -0.15) is 0 Å². The zero-order valence-corrected chi connectivity index (χ0v) is 29.3. The van der Waals surface area contributed by atoms with Crippen molar-refractivity contribution in [2.24, 2.45) is 39.9 Å². The third kappa shape index (κ3) is 6.18. The second-order valence-electron chi connectivity index (χ2n) is 16.4. The van der Waals surface area contributed by atoms with Crippen molar-refractivity contribution in [3.05, 3.63) is 46.5 Å². The van der Waals surface area contributed by atoms with E-state index in [-0.39, 0.29) is 42.2 Å². The van der Waals surface area contributed by atoms with Gasteiger partial charge in [0.05, 0.1) is 19.8 Å². The zero-order valence-electron chi connectivity index (χ0n) is 29.3. The normalized spacial score (nSPS) is 39.7. The predicted octanol–water partition coefficient (Wildman–Crippen LogP) is 6.53. The fourth-order valence-corrected chi connectivity index (χ4v) is 11.1. The van der Waals surface area contributed by atoms with E-state index in [9.17, 15) is 28.9 Å². The summed E-state index contributed by atoms with van der Waals surface area (Å²) in [6.07, 6.45) is 10.6. The molecular formula is C39H57F2NO6. The molecule has 7 nitrogen and oxygen atoms in total. The second kappa shape index (κ2) is 14.0. The average Bonchev–Trinajstić information content (AvgIpc) is 3.51. The SMILES string of the molecule is C[C@H](CCC(=O)NCCOCc1cc([C@@H]2O[C@H](CO)C(O)C2O)c(F)cc1F)[C@@]1(C)CC[C@H]2[C@@H]3CC=C4CCCC[C@]4(C)[C@H]3CC[C@@]21C. The Morgan fingerprint density at radius 1 is 1.06 bits per heavy atom. The van der Waals surface area contributed by atoms with Crippen LogP contribution in [-0.2, 0) is 20.9 Å². The number of hydrogen-bond donors (Lipinski definition) is 4. The van der Waals surface area contributed by atoms with E-state index < -0.39 is 42.7 Å². The Bertz CT molecular complexity index is 1370. The van der Waals surface area contributed by atoms with Crippen LogP contribution in [0, 0.1) is 51.6 Å². The molecule has 1 aliphatic heterocycles. The molecule has 6 rings (SSSR count). The van der Waals surface area contributed by atoms with Crippen LogP contribution in [0.4, 0.5) is 8.78 Å². The Balaban J connectivity index is 0.967. The van der Waals surface area contributed by atoms with Crippen LogP contribution >= 0.6 is 0 Å². The molecule has 3 saturated carbocycles. The standard InChI is InChI=1S/C39H57F2NO6/c1-23(38(3)15-13-29-26-10-9-25-7-5-6-14-37(25,2)28(26)12-16-39(29,38)4)8-11-33(44)42-17-18-47-22-24-19-27(31(41)20-30(24)40)36-35(46)34(45)32(21-43)48-36/h9,19-20,23,26,28-29,32,34-36,43,45-46H,5-8,10-18,21-22H2,1-4H3,(H,42,44)/t23-,26-,28+,29+,32-,34?,35?,36+,37+,38-,39+/m1/s1. The largest absolute Gasteiger partial charge is 0.394 e. The summed E-state index contributed by atoms with van der Waals surface area (Å²) in [6.45, 7) is 9.71. The quantitative estimate of drug-likeness (QED) is 0.157. The molecule has 5 aliphatic rings. The van der Waals surface area contributed by atoms with E-state index in [1.54, 1.807) is 5.57 Å². The fourth-order valence-electron chi connectivity index (χ4n) is 11.1. The number of hydrogen-bond acceptors (Lipinski definition) is 6. The number of nitrogens with one attached hydrogen (secondary N) is 1. The van der Waals surface area contributed by atoms with Gasteiger partial charge in [0, 0.05) is 30.2 Å². The van der Waals surface area contributed by atoms with Crippen molar-refractivity contribution in [3.8, 4) is 0 Å². The van der Waals surface area contributed by atoms with Crippen molar-refractivity contribution in [2.45, 2.75) is 129 Å². The molecule has 0 spiro atoms. The zero-order chi connectivity index (χ0) is 34.4. The van der Waals surface area contributed by atoms with Crippen molar-refractivity contribution >= 4 is 5.91 Å². The van der Waals surface area contributed by atoms with Gasteiger partial charge in [-0.25, -0.2) is 8.78 Å². The lowest BCUT2D eigenvalue weighted by atomic mass is 9.45. The third-order valence-electron chi connectivity index (χ3n) is 14.4. The molecule has 1 heterocycles. The van der Waals surface area contributed by atoms with Gasteiger partial charge in [-0.1, -0.05) is 45.8 Å². The number of carbonyl (C=O) groups is 1. The highest BCUT2D eigenvalue weighted by Gasteiger charge is 2.63. The number of benzene rings is 1. The molecule has 268 valence electrons. The number of halogens is 2.